The number of cyclic esters (lactones) is 1. The van der Waals surface area contributed by atoms with Gasteiger partial charge >= 0.3 is 6.09 Å². The van der Waals surface area contributed by atoms with Crippen LogP contribution in [0.1, 0.15) is 32.3 Å². The summed E-state index contributed by atoms with van der Waals surface area (Å²) in [5.74, 6) is 1.12. The minimum Gasteiger partial charge on any atom is -0.447 e. The van der Waals surface area contributed by atoms with Crippen LogP contribution in [0.3, 0.4) is 0 Å². The lowest BCUT2D eigenvalue weighted by atomic mass is 9.89. The quantitative estimate of drug-likeness (QED) is 0.813. The Labute approximate surface area is 155 Å². The second-order valence-electron chi connectivity index (χ2n) is 8.38. The fourth-order valence-electron chi connectivity index (χ4n) is 4.51. The number of carbonyl (C=O) groups is 2. The third-order valence-corrected chi connectivity index (χ3v) is 6.15. The molecule has 0 radical (unpaired) electrons. The van der Waals surface area contributed by atoms with Gasteiger partial charge < -0.3 is 4.74 Å². The Hall–Kier alpha value is -1.88. The van der Waals surface area contributed by atoms with Gasteiger partial charge in [0.15, 0.2) is 0 Å². The van der Waals surface area contributed by atoms with Crippen molar-refractivity contribution in [3.8, 4) is 0 Å². The van der Waals surface area contributed by atoms with Crippen LogP contribution >= 0.6 is 0 Å². The summed E-state index contributed by atoms with van der Waals surface area (Å²) < 4.78 is 5.21. The Bertz CT molecular complexity index is 671. The highest BCUT2D eigenvalue weighted by molar-refractivity contribution is 5.95. The van der Waals surface area contributed by atoms with E-state index in [0.29, 0.717) is 18.4 Å². The minimum absolute atomic E-state index is 0.0151. The van der Waals surface area contributed by atoms with Crippen LogP contribution in [0.4, 0.5) is 4.79 Å². The topological polar surface area (TPSA) is 49.9 Å². The van der Waals surface area contributed by atoms with Gasteiger partial charge in [0.2, 0.25) is 5.91 Å². The molecule has 4 rings (SSSR count). The lowest BCUT2D eigenvalue weighted by Gasteiger charge is -2.27. The molecule has 2 amide bonds. The fraction of sp³-hybridized carbons (Fsp3) is 0.619. The first kappa shape index (κ1) is 17.5. The first-order chi connectivity index (χ1) is 12.5. The van der Waals surface area contributed by atoms with Gasteiger partial charge in [0.05, 0.1) is 12.0 Å². The molecule has 2 heterocycles. The molecule has 1 aliphatic carbocycles. The van der Waals surface area contributed by atoms with Crippen molar-refractivity contribution in [2.75, 3.05) is 19.7 Å². The van der Waals surface area contributed by atoms with Crippen molar-refractivity contribution < 1.29 is 14.3 Å². The maximum atomic E-state index is 13.3. The molecule has 1 aromatic rings. The molecule has 2 saturated heterocycles. The Balaban J connectivity index is 1.50. The molecule has 3 atom stereocenters. The molecule has 1 aromatic carbocycles. The SMILES string of the molecule is CC(C)[C@H]1COC(=O)N1C(=O)[C@@H]1CN(Cc2ccccc2)C[C@H]1C1CC1. The molecule has 1 saturated carbocycles. The first-order valence-corrected chi connectivity index (χ1v) is 9.80. The smallest absolute Gasteiger partial charge is 0.416 e. The number of rotatable bonds is 5. The van der Waals surface area contributed by atoms with Crippen LogP contribution in [0, 0.1) is 23.7 Å². The van der Waals surface area contributed by atoms with E-state index >= 15 is 0 Å². The van der Waals surface area contributed by atoms with E-state index in [1.165, 1.54) is 23.3 Å². The van der Waals surface area contributed by atoms with Crippen molar-refractivity contribution in [2.45, 2.75) is 39.3 Å². The largest absolute Gasteiger partial charge is 0.447 e. The summed E-state index contributed by atoms with van der Waals surface area (Å²) in [6, 6.07) is 10.3. The minimum atomic E-state index is -0.454. The summed E-state index contributed by atoms with van der Waals surface area (Å²) in [6.45, 7) is 6.97. The van der Waals surface area contributed by atoms with Crippen LogP contribution in [0.5, 0.6) is 0 Å². The maximum absolute atomic E-state index is 13.3. The van der Waals surface area contributed by atoms with Gasteiger partial charge in [0, 0.05) is 19.6 Å². The highest BCUT2D eigenvalue weighted by Crippen LogP contribution is 2.45. The van der Waals surface area contributed by atoms with E-state index in [2.05, 4.69) is 29.2 Å². The number of imide groups is 1. The first-order valence-electron chi connectivity index (χ1n) is 9.80. The predicted molar refractivity (Wildman–Crippen MR) is 98.2 cm³/mol. The lowest BCUT2D eigenvalue weighted by molar-refractivity contribution is -0.135. The number of likely N-dealkylation sites (tertiary alicyclic amines) is 1. The van der Waals surface area contributed by atoms with Crippen LogP contribution in [-0.4, -0.2) is 47.5 Å². The van der Waals surface area contributed by atoms with Crippen molar-refractivity contribution >= 4 is 12.0 Å². The van der Waals surface area contributed by atoms with Crippen molar-refractivity contribution in [3.05, 3.63) is 35.9 Å². The molecule has 3 fully saturated rings. The average molecular weight is 356 g/mol. The molecule has 5 heteroatoms. The third kappa shape index (κ3) is 3.37. The maximum Gasteiger partial charge on any atom is 0.416 e. The molecule has 0 bridgehead atoms. The van der Waals surface area contributed by atoms with E-state index in [-0.39, 0.29) is 23.8 Å². The second-order valence-corrected chi connectivity index (χ2v) is 8.38. The molecule has 3 aliphatic rings. The number of amides is 2. The lowest BCUT2D eigenvalue weighted by Crippen LogP contribution is -2.46. The number of ether oxygens (including phenoxy) is 1. The number of carbonyl (C=O) groups excluding carboxylic acids is 2. The second kappa shape index (κ2) is 7.03. The molecule has 0 N–H and O–H groups in total. The predicted octanol–water partition coefficient (Wildman–Crippen LogP) is 3.15. The van der Waals surface area contributed by atoms with E-state index in [9.17, 15) is 9.59 Å². The van der Waals surface area contributed by atoms with Crippen LogP contribution < -0.4 is 0 Å². The van der Waals surface area contributed by atoms with Gasteiger partial charge in [-0.3, -0.25) is 9.69 Å². The van der Waals surface area contributed by atoms with Crippen molar-refractivity contribution in [1.29, 1.82) is 0 Å². The number of hydrogen-bond acceptors (Lipinski definition) is 4. The van der Waals surface area contributed by atoms with E-state index in [1.54, 1.807) is 0 Å². The van der Waals surface area contributed by atoms with Gasteiger partial charge in [-0.15, -0.1) is 0 Å². The van der Waals surface area contributed by atoms with E-state index in [0.717, 1.165) is 19.6 Å². The van der Waals surface area contributed by atoms with E-state index in [1.807, 2.05) is 19.9 Å². The van der Waals surface area contributed by atoms with Crippen LogP contribution in [-0.2, 0) is 16.1 Å². The average Bonchev–Trinajstić information content (AvgIpc) is 3.27. The zero-order chi connectivity index (χ0) is 18.3. The third-order valence-electron chi connectivity index (χ3n) is 6.15. The van der Waals surface area contributed by atoms with Crippen molar-refractivity contribution in [3.63, 3.8) is 0 Å². The highest BCUT2D eigenvalue weighted by atomic mass is 16.6. The van der Waals surface area contributed by atoms with Gasteiger partial charge in [-0.1, -0.05) is 44.2 Å². The number of nitrogens with zero attached hydrogens (tertiary/aromatic N) is 2. The van der Waals surface area contributed by atoms with Crippen LogP contribution in [0.2, 0.25) is 0 Å². The summed E-state index contributed by atoms with van der Waals surface area (Å²) in [5.41, 5.74) is 1.27. The molecule has 26 heavy (non-hydrogen) atoms. The Morgan fingerprint density at radius 2 is 1.92 bits per heavy atom. The van der Waals surface area contributed by atoms with Gasteiger partial charge in [0.1, 0.15) is 6.61 Å². The molecule has 0 unspecified atom stereocenters. The molecule has 2 aliphatic heterocycles. The molecule has 0 spiro atoms. The van der Waals surface area contributed by atoms with E-state index < -0.39 is 6.09 Å². The standard InChI is InChI=1S/C21H28N2O3/c1-14(2)19-13-26-21(25)23(19)20(24)18-12-22(11-17(18)16-8-9-16)10-15-6-4-3-5-7-15/h3-7,14,16-19H,8-13H2,1-2H3/t17-,18+,19+/m0/s1. The van der Waals surface area contributed by atoms with Gasteiger partial charge in [0.25, 0.3) is 0 Å². The number of hydrogen-bond donors (Lipinski definition) is 0. The fourth-order valence-corrected chi connectivity index (χ4v) is 4.51. The Kier molecular flexibility index (Phi) is 4.74. The monoisotopic (exact) mass is 356 g/mol. The van der Waals surface area contributed by atoms with Crippen LogP contribution in [0.15, 0.2) is 30.3 Å². The molecule has 0 aromatic heterocycles. The summed E-state index contributed by atoms with van der Waals surface area (Å²) in [7, 11) is 0. The zero-order valence-corrected chi connectivity index (χ0v) is 15.6. The van der Waals surface area contributed by atoms with Gasteiger partial charge in [-0.25, -0.2) is 9.69 Å². The summed E-state index contributed by atoms with van der Waals surface area (Å²) in [6.07, 6.45) is 1.97. The zero-order valence-electron chi connectivity index (χ0n) is 15.6. The van der Waals surface area contributed by atoms with Crippen molar-refractivity contribution in [2.24, 2.45) is 23.7 Å². The molecule has 140 valence electrons. The summed E-state index contributed by atoms with van der Waals surface area (Å²) in [4.78, 5) is 29.3. The van der Waals surface area contributed by atoms with Gasteiger partial charge in [-0.05, 0) is 36.2 Å². The van der Waals surface area contributed by atoms with Crippen molar-refractivity contribution in [1.82, 2.24) is 9.80 Å². The Morgan fingerprint density at radius 1 is 1.19 bits per heavy atom. The summed E-state index contributed by atoms with van der Waals surface area (Å²) >= 11 is 0. The number of benzene rings is 1. The van der Waals surface area contributed by atoms with Crippen LogP contribution in [0.25, 0.3) is 0 Å². The Morgan fingerprint density at radius 3 is 2.58 bits per heavy atom. The molecular formula is C21H28N2O3. The summed E-state index contributed by atoms with van der Waals surface area (Å²) in [5, 5.41) is 0. The molecule has 5 nitrogen and oxygen atoms in total. The normalized spacial score (nSPS) is 29.4. The van der Waals surface area contributed by atoms with E-state index in [4.69, 9.17) is 4.74 Å². The van der Waals surface area contributed by atoms with Gasteiger partial charge in [-0.2, -0.15) is 0 Å². The highest BCUT2D eigenvalue weighted by Gasteiger charge is 2.50. The molecular weight excluding hydrogens is 328 g/mol.